The van der Waals surface area contributed by atoms with Gasteiger partial charge in [-0.2, -0.15) is 0 Å². The third kappa shape index (κ3) is 3.38. The van der Waals surface area contributed by atoms with E-state index in [0.29, 0.717) is 13.0 Å². The van der Waals surface area contributed by atoms with Crippen molar-refractivity contribution in [2.24, 2.45) is 5.73 Å². The maximum absolute atomic E-state index is 11.8. The average molecular weight is 261 g/mol. The molecule has 0 unspecified atom stereocenters. The van der Waals surface area contributed by atoms with Gasteiger partial charge in [-0.05, 0) is 24.6 Å². The minimum atomic E-state index is -0.0548. The highest BCUT2D eigenvalue weighted by molar-refractivity contribution is 7.09. The lowest BCUT2D eigenvalue weighted by molar-refractivity contribution is -0.115. The van der Waals surface area contributed by atoms with Crippen LogP contribution in [0.3, 0.4) is 0 Å². The first kappa shape index (κ1) is 12.7. The molecule has 1 amide bonds. The molecule has 0 spiro atoms. The Balaban J connectivity index is 1.94. The number of aryl methyl sites for hydroxylation is 1. The van der Waals surface area contributed by atoms with Gasteiger partial charge in [0.1, 0.15) is 0 Å². The Morgan fingerprint density at radius 2 is 2.11 bits per heavy atom. The molecular weight excluding hydrogens is 246 g/mol. The molecule has 94 valence electrons. The minimum Gasteiger partial charge on any atom is -0.326 e. The fourth-order valence-electron chi connectivity index (χ4n) is 1.58. The van der Waals surface area contributed by atoms with Crippen molar-refractivity contribution >= 4 is 22.9 Å². The number of hydrogen-bond acceptors (Lipinski definition) is 4. The molecule has 0 saturated heterocycles. The SMILES string of the molecule is Cc1nc(CC(=O)Nc2ccc(CN)cc2)cs1. The normalized spacial score (nSPS) is 10.3. The lowest BCUT2D eigenvalue weighted by atomic mass is 10.2. The van der Waals surface area contributed by atoms with Crippen molar-refractivity contribution in [3.63, 3.8) is 0 Å². The van der Waals surface area contributed by atoms with Crippen LogP contribution in [0.25, 0.3) is 0 Å². The quantitative estimate of drug-likeness (QED) is 0.885. The summed E-state index contributed by atoms with van der Waals surface area (Å²) >= 11 is 1.55. The third-order valence-electron chi connectivity index (χ3n) is 2.48. The topological polar surface area (TPSA) is 68.0 Å². The van der Waals surface area contributed by atoms with E-state index < -0.39 is 0 Å². The Morgan fingerprint density at radius 1 is 1.39 bits per heavy atom. The molecule has 0 saturated carbocycles. The van der Waals surface area contributed by atoms with Crippen LogP contribution >= 0.6 is 11.3 Å². The van der Waals surface area contributed by atoms with Gasteiger partial charge in [-0.25, -0.2) is 4.98 Å². The van der Waals surface area contributed by atoms with Crippen LogP contribution in [-0.4, -0.2) is 10.9 Å². The van der Waals surface area contributed by atoms with E-state index in [2.05, 4.69) is 10.3 Å². The molecule has 1 aromatic carbocycles. The van der Waals surface area contributed by atoms with E-state index in [1.165, 1.54) is 0 Å². The molecule has 4 nitrogen and oxygen atoms in total. The molecule has 1 heterocycles. The Hall–Kier alpha value is -1.72. The van der Waals surface area contributed by atoms with Crippen molar-refractivity contribution < 1.29 is 4.79 Å². The van der Waals surface area contributed by atoms with Crippen molar-refractivity contribution in [1.82, 2.24) is 4.98 Å². The second kappa shape index (κ2) is 5.75. The highest BCUT2D eigenvalue weighted by Gasteiger charge is 2.06. The zero-order chi connectivity index (χ0) is 13.0. The third-order valence-corrected chi connectivity index (χ3v) is 3.30. The Labute approximate surface area is 110 Å². The summed E-state index contributed by atoms with van der Waals surface area (Å²) in [5, 5.41) is 5.72. The molecule has 2 rings (SSSR count). The van der Waals surface area contributed by atoms with E-state index in [-0.39, 0.29) is 5.91 Å². The molecule has 2 aromatic rings. The van der Waals surface area contributed by atoms with Crippen molar-refractivity contribution in [2.45, 2.75) is 19.9 Å². The first-order valence-electron chi connectivity index (χ1n) is 5.67. The van der Waals surface area contributed by atoms with Crippen LogP contribution in [0.2, 0.25) is 0 Å². The van der Waals surface area contributed by atoms with Gasteiger partial charge in [-0.15, -0.1) is 11.3 Å². The molecule has 0 atom stereocenters. The van der Waals surface area contributed by atoms with Crippen molar-refractivity contribution in [1.29, 1.82) is 0 Å². The molecule has 0 aliphatic heterocycles. The fraction of sp³-hybridized carbons (Fsp3) is 0.231. The molecule has 18 heavy (non-hydrogen) atoms. The van der Waals surface area contributed by atoms with E-state index >= 15 is 0 Å². The van der Waals surface area contributed by atoms with E-state index in [4.69, 9.17) is 5.73 Å². The van der Waals surface area contributed by atoms with Crippen LogP contribution < -0.4 is 11.1 Å². The predicted octanol–water partition coefficient (Wildman–Crippen LogP) is 2.09. The van der Waals surface area contributed by atoms with Gasteiger partial charge in [0.15, 0.2) is 0 Å². The van der Waals surface area contributed by atoms with Crippen LogP contribution in [0.5, 0.6) is 0 Å². The average Bonchev–Trinajstić information content (AvgIpc) is 2.75. The minimum absolute atomic E-state index is 0.0548. The smallest absolute Gasteiger partial charge is 0.230 e. The van der Waals surface area contributed by atoms with Crippen molar-refractivity contribution in [2.75, 3.05) is 5.32 Å². The molecule has 0 aliphatic carbocycles. The van der Waals surface area contributed by atoms with Gasteiger partial charge in [0.25, 0.3) is 0 Å². The number of nitrogens with two attached hydrogens (primary N) is 1. The van der Waals surface area contributed by atoms with E-state index in [0.717, 1.165) is 22.0 Å². The van der Waals surface area contributed by atoms with E-state index in [1.807, 2.05) is 36.6 Å². The largest absolute Gasteiger partial charge is 0.326 e. The second-order valence-electron chi connectivity index (χ2n) is 3.98. The number of carbonyl (C=O) groups excluding carboxylic acids is 1. The lowest BCUT2D eigenvalue weighted by Crippen LogP contribution is -2.14. The van der Waals surface area contributed by atoms with Crippen LogP contribution in [-0.2, 0) is 17.8 Å². The Kier molecular flexibility index (Phi) is 4.07. The second-order valence-corrected chi connectivity index (χ2v) is 5.05. The summed E-state index contributed by atoms with van der Waals surface area (Å²) < 4.78 is 0. The van der Waals surface area contributed by atoms with Gasteiger partial charge < -0.3 is 11.1 Å². The summed E-state index contributed by atoms with van der Waals surface area (Å²) in [6.07, 6.45) is 0.309. The summed E-state index contributed by atoms with van der Waals surface area (Å²) in [6.45, 7) is 2.43. The van der Waals surface area contributed by atoms with Gasteiger partial charge in [0.05, 0.1) is 17.1 Å². The summed E-state index contributed by atoms with van der Waals surface area (Å²) in [6, 6.07) is 7.52. The highest BCUT2D eigenvalue weighted by atomic mass is 32.1. The molecular formula is C13H15N3OS. The summed E-state index contributed by atoms with van der Waals surface area (Å²) in [7, 11) is 0. The number of rotatable bonds is 4. The maximum atomic E-state index is 11.8. The Bertz CT molecular complexity index is 533. The fourth-order valence-corrected chi connectivity index (χ4v) is 2.20. The standard InChI is InChI=1S/C13H15N3OS/c1-9-15-12(8-18-9)6-13(17)16-11-4-2-10(7-14)3-5-11/h2-5,8H,6-7,14H2,1H3,(H,16,17). The maximum Gasteiger partial charge on any atom is 0.230 e. The molecule has 1 aromatic heterocycles. The summed E-state index contributed by atoms with van der Waals surface area (Å²) in [5.41, 5.74) is 8.15. The molecule has 0 radical (unpaired) electrons. The van der Waals surface area contributed by atoms with Crippen LogP contribution in [0, 0.1) is 6.92 Å². The zero-order valence-corrected chi connectivity index (χ0v) is 11.0. The van der Waals surface area contributed by atoms with E-state index in [1.54, 1.807) is 11.3 Å². The van der Waals surface area contributed by atoms with Gasteiger partial charge in [0.2, 0.25) is 5.91 Å². The number of nitrogens with zero attached hydrogens (tertiary/aromatic N) is 1. The summed E-state index contributed by atoms with van der Waals surface area (Å²) in [4.78, 5) is 16.0. The first-order valence-corrected chi connectivity index (χ1v) is 6.55. The van der Waals surface area contributed by atoms with Gasteiger partial charge in [-0.3, -0.25) is 4.79 Å². The zero-order valence-electron chi connectivity index (χ0n) is 10.1. The first-order chi connectivity index (χ1) is 8.67. The van der Waals surface area contributed by atoms with Gasteiger partial charge in [-0.1, -0.05) is 12.1 Å². The molecule has 3 N–H and O–H groups in total. The lowest BCUT2D eigenvalue weighted by Gasteiger charge is -2.04. The number of amides is 1. The number of nitrogens with one attached hydrogen (secondary N) is 1. The predicted molar refractivity (Wildman–Crippen MR) is 73.5 cm³/mol. The highest BCUT2D eigenvalue weighted by Crippen LogP contribution is 2.11. The van der Waals surface area contributed by atoms with Crippen LogP contribution in [0.4, 0.5) is 5.69 Å². The number of hydrogen-bond donors (Lipinski definition) is 2. The molecule has 5 heteroatoms. The number of benzene rings is 1. The van der Waals surface area contributed by atoms with Crippen LogP contribution in [0.1, 0.15) is 16.3 Å². The molecule has 0 fully saturated rings. The van der Waals surface area contributed by atoms with Crippen molar-refractivity contribution in [3.05, 3.63) is 45.9 Å². The van der Waals surface area contributed by atoms with Crippen molar-refractivity contribution in [3.8, 4) is 0 Å². The Morgan fingerprint density at radius 3 is 2.67 bits per heavy atom. The summed E-state index contributed by atoms with van der Waals surface area (Å²) in [5.74, 6) is -0.0548. The number of aromatic nitrogens is 1. The monoisotopic (exact) mass is 261 g/mol. The van der Waals surface area contributed by atoms with Gasteiger partial charge in [0, 0.05) is 17.6 Å². The molecule has 0 aliphatic rings. The molecule has 0 bridgehead atoms. The van der Waals surface area contributed by atoms with Gasteiger partial charge >= 0.3 is 0 Å². The number of carbonyl (C=O) groups is 1. The number of thiazole rings is 1. The number of anilines is 1. The van der Waals surface area contributed by atoms with E-state index in [9.17, 15) is 4.79 Å². The van der Waals surface area contributed by atoms with Crippen LogP contribution in [0.15, 0.2) is 29.6 Å².